The summed E-state index contributed by atoms with van der Waals surface area (Å²) in [5.41, 5.74) is -0.255. The smallest absolute Gasteiger partial charge is 0.337 e. The largest absolute Gasteiger partial charge is 0.465 e. The molecule has 1 N–H and O–H groups in total. The standard InChI is InChI=1S/C19H22N2O7S2/c1-4-21(12-17(22)20-11-15-6-5-7-29-15)30(25,26)16-9-13(18(23)27-2)8-14(10-16)19(24)28-3/h5-10H,4,11-12H2,1-3H3,(H,20,22). The molecule has 1 aromatic carbocycles. The molecule has 0 saturated heterocycles. The van der Waals surface area contributed by atoms with Gasteiger partial charge in [-0.25, -0.2) is 18.0 Å². The monoisotopic (exact) mass is 454 g/mol. The summed E-state index contributed by atoms with van der Waals surface area (Å²) in [6.07, 6.45) is 0. The van der Waals surface area contributed by atoms with E-state index in [0.29, 0.717) is 6.54 Å². The number of carbonyl (C=O) groups is 3. The van der Waals surface area contributed by atoms with Gasteiger partial charge in [-0.15, -0.1) is 11.3 Å². The number of likely N-dealkylation sites (N-methyl/N-ethyl adjacent to an activating group) is 1. The second kappa shape index (κ2) is 10.3. The van der Waals surface area contributed by atoms with E-state index in [1.807, 2.05) is 17.5 Å². The lowest BCUT2D eigenvalue weighted by Gasteiger charge is -2.20. The fourth-order valence-corrected chi connectivity index (χ4v) is 4.67. The summed E-state index contributed by atoms with van der Waals surface area (Å²) in [4.78, 5) is 36.7. The Morgan fingerprint density at radius 3 is 2.13 bits per heavy atom. The van der Waals surface area contributed by atoms with Crippen molar-refractivity contribution in [3.63, 3.8) is 0 Å². The summed E-state index contributed by atoms with van der Waals surface area (Å²) in [6.45, 7) is 1.46. The zero-order valence-electron chi connectivity index (χ0n) is 16.7. The lowest BCUT2D eigenvalue weighted by molar-refractivity contribution is -0.121. The van der Waals surface area contributed by atoms with E-state index in [-0.39, 0.29) is 22.6 Å². The number of nitrogens with zero attached hydrogens (tertiary/aromatic N) is 1. The Morgan fingerprint density at radius 1 is 1.07 bits per heavy atom. The number of benzene rings is 1. The number of thiophene rings is 1. The number of carbonyl (C=O) groups excluding carboxylic acids is 3. The van der Waals surface area contributed by atoms with Gasteiger partial charge >= 0.3 is 11.9 Å². The van der Waals surface area contributed by atoms with E-state index in [2.05, 4.69) is 14.8 Å². The maximum Gasteiger partial charge on any atom is 0.337 e. The third kappa shape index (κ3) is 5.65. The number of methoxy groups -OCH3 is 2. The van der Waals surface area contributed by atoms with Gasteiger partial charge in [0.25, 0.3) is 0 Å². The third-order valence-corrected chi connectivity index (χ3v) is 6.87. The number of rotatable bonds is 9. The van der Waals surface area contributed by atoms with Gasteiger partial charge in [-0.2, -0.15) is 4.31 Å². The minimum atomic E-state index is -4.19. The van der Waals surface area contributed by atoms with Crippen LogP contribution in [-0.2, 0) is 30.8 Å². The summed E-state index contributed by atoms with van der Waals surface area (Å²) in [5, 5.41) is 4.54. The fourth-order valence-electron chi connectivity index (χ4n) is 2.55. The highest BCUT2D eigenvalue weighted by molar-refractivity contribution is 7.89. The average Bonchev–Trinajstić information content (AvgIpc) is 3.28. The van der Waals surface area contributed by atoms with Crippen LogP contribution in [0.25, 0.3) is 0 Å². The Labute approximate surface area is 178 Å². The molecule has 0 aliphatic rings. The molecule has 0 fully saturated rings. The van der Waals surface area contributed by atoms with Gasteiger partial charge in [-0.05, 0) is 29.6 Å². The molecule has 2 aromatic rings. The normalized spacial score (nSPS) is 11.2. The molecule has 1 heterocycles. The van der Waals surface area contributed by atoms with Gasteiger partial charge in [0.2, 0.25) is 15.9 Å². The number of hydrogen-bond acceptors (Lipinski definition) is 8. The molecule has 0 radical (unpaired) electrons. The van der Waals surface area contributed by atoms with Gasteiger partial charge in [0.15, 0.2) is 0 Å². The highest BCUT2D eigenvalue weighted by Crippen LogP contribution is 2.21. The average molecular weight is 455 g/mol. The molecule has 9 nitrogen and oxygen atoms in total. The van der Waals surface area contributed by atoms with Crippen LogP contribution in [-0.4, -0.2) is 57.9 Å². The molecular formula is C19H22N2O7S2. The molecule has 30 heavy (non-hydrogen) atoms. The molecular weight excluding hydrogens is 432 g/mol. The maximum atomic E-state index is 13.1. The third-order valence-electron chi connectivity index (χ3n) is 4.10. The maximum absolute atomic E-state index is 13.1. The zero-order valence-corrected chi connectivity index (χ0v) is 18.3. The first-order valence-electron chi connectivity index (χ1n) is 8.83. The topological polar surface area (TPSA) is 119 Å². The van der Waals surface area contributed by atoms with Gasteiger partial charge in [0, 0.05) is 11.4 Å². The molecule has 0 atom stereocenters. The molecule has 0 aliphatic heterocycles. The SMILES string of the molecule is CCN(CC(=O)NCc1cccs1)S(=O)(=O)c1cc(C(=O)OC)cc(C(=O)OC)c1. The van der Waals surface area contributed by atoms with Crippen molar-refractivity contribution in [1.29, 1.82) is 0 Å². The first-order valence-corrected chi connectivity index (χ1v) is 11.2. The van der Waals surface area contributed by atoms with Gasteiger partial charge < -0.3 is 14.8 Å². The molecule has 2 rings (SSSR count). The van der Waals surface area contributed by atoms with Gasteiger partial charge in [0.05, 0.1) is 43.3 Å². The van der Waals surface area contributed by atoms with Crippen molar-refractivity contribution in [1.82, 2.24) is 9.62 Å². The Kier molecular flexibility index (Phi) is 8.09. The number of esters is 2. The van der Waals surface area contributed by atoms with Crippen LogP contribution in [0.4, 0.5) is 0 Å². The van der Waals surface area contributed by atoms with Crippen LogP contribution in [0.1, 0.15) is 32.5 Å². The van der Waals surface area contributed by atoms with Crippen LogP contribution in [0, 0.1) is 0 Å². The van der Waals surface area contributed by atoms with E-state index < -0.39 is 34.4 Å². The summed E-state index contributed by atoms with van der Waals surface area (Å²) in [5.74, 6) is -2.10. The molecule has 0 bridgehead atoms. The Balaban J connectivity index is 2.30. The van der Waals surface area contributed by atoms with Crippen LogP contribution in [0.15, 0.2) is 40.6 Å². The molecule has 1 amide bonds. The van der Waals surface area contributed by atoms with E-state index in [1.165, 1.54) is 17.4 Å². The Hall–Kier alpha value is -2.76. The van der Waals surface area contributed by atoms with Crippen molar-refractivity contribution < 1.29 is 32.3 Å². The first kappa shape index (κ1) is 23.5. The zero-order chi connectivity index (χ0) is 22.3. The van der Waals surface area contributed by atoms with E-state index in [9.17, 15) is 22.8 Å². The molecule has 0 saturated carbocycles. The molecule has 0 aliphatic carbocycles. The predicted molar refractivity (Wildman–Crippen MR) is 110 cm³/mol. The fraction of sp³-hybridized carbons (Fsp3) is 0.316. The molecule has 1 aromatic heterocycles. The quantitative estimate of drug-likeness (QED) is 0.572. The first-order chi connectivity index (χ1) is 14.2. The summed E-state index contributed by atoms with van der Waals surface area (Å²) in [6, 6.07) is 7.08. The van der Waals surface area contributed by atoms with Crippen LogP contribution in [0.3, 0.4) is 0 Å². The minimum Gasteiger partial charge on any atom is -0.465 e. The molecule has 11 heteroatoms. The van der Waals surface area contributed by atoms with Gasteiger partial charge in [-0.1, -0.05) is 13.0 Å². The summed E-state index contributed by atoms with van der Waals surface area (Å²) >= 11 is 1.47. The minimum absolute atomic E-state index is 0.00473. The Morgan fingerprint density at radius 2 is 1.67 bits per heavy atom. The number of ether oxygens (including phenoxy) is 2. The van der Waals surface area contributed by atoms with Crippen molar-refractivity contribution >= 4 is 39.2 Å². The lowest BCUT2D eigenvalue weighted by Crippen LogP contribution is -2.40. The van der Waals surface area contributed by atoms with Crippen LogP contribution in [0.2, 0.25) is 0 Å². The van der Waals surface area contributed by atoms with Crippen molar-refractivity contribution in [2.75, 3.05) is 27.3 Å². The van der Waals surface area contributed by atoms with Crippen LogP contribution in [0.5, 0.6) is 0 Å². The van der Waals surface area contributed by atoms with E-state index in [0.717, 1.165) is 35.5 Å². The second-order valence-corrected chi connectivity index (χ2v) is 8.99. The molecule has 162 valence electrons. The highest BCUT2D eigenvalue weighted by Gasteiger charge is 2.28. The number of amides is 1. The van der Waals surface area contributed by atoms with Gasteiger partial charge in [0.1, 0.15) is 0 Å². The lowest BCUT2D eigenvalue weighted by atomic mass is 10.1. The highest BCUT2D eigenvalue weighted by atomic mass is 32.2. The van der Waals surface area contributed by atoms with Crippen LogP contribution >= 0.6 is 11.3 Å². The second-order valence-electron chi connectivity index (χ2n) is 6.02. The Bertz CT molecular complexity index is 983. The van der Waals surface area contributed by atoms with E-state index in [4.69, 9.17) is 0 Å². The summed E-state index contributed by atoms with van der Waals surface area (Å²) in [7, 11) is -1.91. The number of nitrogens with one attached hydrogen (secondary N) is 1. The van der Waals surface area contributed by atoms with Crippen molar-refractivity contribution in [2.24, 2.45) is 0 Å². The number of sulfonamides is 1. The molecule has 0 spiro atoms. The predicted octanol–water partition coefficient (Wildman–Crippen LogP) is 1.65. The van der Waals surface area contributed by atoms with Crippen LogP contribution < -0.4 is 5.32 Å². The van der Waals surface area contributed by atoms with Crippen molar-refractivity contribution in [2.45, 2.75) is 18.4 Å². The van der Waals surface area contributed by atoms with Crippen molar-refractivity contribution in [3.8, 4) is 0 Å². The van der Waals surface area contributed by atoms with E-state index in [1.54, 1.807) is 6.92 Å². The number of hydrogen-bond donors (Lipinski definition) is 1. The van der Waals surface area contributed by atoms with Crippen molar-refractivity contribution in [3.05, 3.63) is 51.7 Å². The van der Waals surface area contributed by atoms with Gasteiger partial charge in [-0.3, -0.25) is 4.79 Å². The van der Waals surface area contributed by atoms with E-state index >= 15 is 0 Å². The molecule has 0 unspecified atom stereocenters. The summed E-state index contributed by atoms with van der Waals surface area (Å²) < 4.78 is 36.4.